The standard InChI is InChI=1S/C10H12N4O4/c11-6-1-2-13(5-6)9-3-7(10(15)16)8(4-12-9)14(17)18/h3-4,6H,1-2,5,11H2,(H,15,16). The van der Waals surface area contributed by atoms with Crippen molar-refractivity contribution in [1.29, 1.82) is 0 Å². The van der Waals surface area contributed by atoms with E-state index in [2.05, 4.69) is 4.98 Å². The smallest absolute Gasteiger partial charge is 0.342 e. The Kier molecular flexibility index (Phi) is 3.11. The van der Waals surface area contributed by atoms with E-state index in [0.717, 1.165) is 12.6 Å². The molecular formula is C10H12N4O4. The van der Waals surface area contributed by atoms with Crippen molar-refractivity contribution in [2.24, 2.45) is 5.73 Å². The van der Waals surface area contributed by atoms with Crippen molar-refractivity contribution < 1.29 is 14.8 Å². The van der Waals surface area contributed by atoms with Crippen LogP contribution < -0.4 is 10.6 Å². The molecule has 0 radical (unpaired) electrons. The maximum absolute atomic E-state index is 11.0. The fraction of sp³-hybridized carbons (Fsp3) is 0.400. The summed E-state index contributed by atoms with van der Waals surface area (Å²) in [6, 6.07) is 1.24. The lowest BCUT2D eigenvalue weighted by molar-refractivity contribution is -0.385. The normalized spacial score (nSPS) is 18.9. The van der Waals surface area contributed by atoms with E-state index in [1.165, 1.54) is 6.07 Å². The number of nitro groups is 1. The number of carboxylic acid groups (broad SMARTS) is 1. The molecule has 0 aliphatic carbocycles. The monoisotopic (exact) mass is 252 g/mol. The molecule has 1 atom stereocenters. The molecule has 0 aromatic carbocycles. The lowest BCUT2D eigenvalue weighted by Crippen LogP contribution is -2.27. The van der Waals surface area contributed by atoms with Crippen molar-refractivity contribution in [3.05, 3.63) is 27.9 Å². The van der Waals surface area contributed by atoms with Gasteiger partial charge in [-0.25, -0.2) is 9.78 Å². The molecule has 96 valence electrons. The number of hydrogen-bond donors (Lipinski definition) is 2. The number of pyridine rings is 1. The zero-order chi connectivity index (χ0) is 13.3. The first-order chi connectivity index (χ1) is 8.49. The minimum absolute atomic E-state index is 0.0234. The van der Waals surface area contributed by atoms with E-state index in [0.29, 0.717) is 18.9 Å². The van der Waals surface area contributed by atoms with Crippen LogP contribution in [0.1, 0.15) is 16.8 Å². The number of nitrogens with two attached hydrogens (primary N) is 1. The SMILES string of the molecule is NC1CCN(c2cc(C(=O)O)c([N+](=O)[O-])cn2)C1. The van der Waals surface area contributed by atoms with E-state index in [4.69, 9.17) is 10.8 Å². The van der Waals surface area contributed by atoms with E-state index < -0.39 is 16.6 Å². The lowest BCUT2D eigenvalue weighted by Gasteiger charge is -2.16. The van der Waals surface area contributed by atoms with Gasteiger partial charge in [-0.2, -0.15) is 0 Å². The van der Waals surface area contributed by atoms with E-state index in [-0.39, 0.29) is 11.6 Å². The molecule has 18 heavy (non-hydrogen) atoms. The van der Waals surface area contributed by atoms with Gasteiger partial charge in [0.05, 0.1) is 4.92 Å². The van der Waals surface area contributed by atoms with Crippen LogP contribution in [0.5, 0.6) is 0 Å². The second kappa shape index (κ2) is 4.57. The fourth-order valence-corrected chi connectivity index (χ4v) is 1.92. The molecular weight excluding hydrogens is 240 g/mol. The quantitative estimate of drug-likeness (QED) is 0.582. The third-order valence-corrected chi connectivity index (χ3v) is 2.84. The van der Waals surface area contributed by atoms with Gasteiger partial charge in [0.25, 0.3) is 0 Å². The molecule has 1 aromatic rings. The van der Waals surface area contributed by atoms with Gasteiger partial charge in [0, 0.05) is 25.2 Å². The first-order valence-corrected chi connectivity index (χ1v) is 5.37. The molecule has 1 aliphatic heterocycles. The number of aromatic carboxylic acids is 1. The van der Waals surface area contributed by atoms with Gasteiger partial charge in [0.2, 0.25) is 0 Å². The second-order valence-electron chi connectivity index (χ2n) is 4.12. The van der Waals surface area contributed by atoms with Crippen LogP contribution >= 0.6 is 0 Å². The van der Waals surface area contributed by atoms with Gasteiger partial charge >= 0.3 is 11.7 Å². The summed E-state index contributed by atoms with van der Waals surface area (Å²) < 4.78 is 0. The van der Waals surface area contributed by atoms with Crippen LogP contribution in [0.15, 0.2) is 12.3 Å². The van der Waals surface area contributed by atoms with Gasteiger partial charge in [-0.15, -0.1) is 0 Å². The van der Waals surface area contributed by atoms with E-state index in [1.807, 2.05) is 4.90 Å². The highest BCUT2D eigenvalue weighted by atomic mass is 16.6. The number of carboxylic acids is 1. The van der Waals surface area contributed by atoms with Crippen molar-refractivity contribution in [3.8, 4) is 0 Å². The zero-order valence-corrected chi connectivity index (χ0v) is 9.44. The maximum Gasteiger partial charge on any atom is 0.342 e. The van der Waals surface area contributed by atoms with Crippen molar-refractivity contribution >= 4 is 17.5 Å². The summed E-state index contributed by atoms with van der Waals surface area (Å²) in [5.74, 6) is -0.931. The molecule has 1 aromatic heterocycles. The molecule has 0 spiro atoms. The number of carbonyl (C=O) groups is 1. The highest BCUT2D eigenvalue weighted by Crippen LogP contribution is 2.24. The number of rotatable bonds is 3. The molecule has 1 unspecified atom stereocenters. The van der Waals surface area contributed by atoms with Crippen LogP contribution in [0.4, 0.5) is 11.5 Å². The summed E-state index contributed by atoms with van der Waals surface area (Å²) in [6.07, 6.45) is 1.77. The molecule has 0 amide bonds. The molecule has 0 bridgehead atoms. The Labute approximate surface area is 102 Å². The summed E-state index contributed by atoms with van der Waals surface area (Å²) in [5.41, 5.74) is 4.88. The topological polar surface area (TPSA) is 123 Å². The second-order valence-corrected chi connectivity index (χ2v) is 4.12. The van der Waals surface area contributed by atoms with Gasteiger partial charge < -0.3 is 15.7 Å². The Hall–Kier alpha value is -2.22. The Bertz CT molecular complexity index is 505. The average molecular weight is 252 g/mol. The molecule has 2 rings (SSSR count). The highest BCUT2D eigenvalue weighted by Gasteiger charge is 2.25. The number of hydrogen-bond acceptors (Lipinski definition) is 6. The van der Waals surface area contributed by atoms with Gasteiger partial charge in [-0.1, -0.05) is 0 Å². The molecule has 8 heteroatoms. The summed E-state index contributed by atoms with van der Waals surface area (Å²) in [6.45, 7) is 1.24. The highest BCUT2D eigenvalue weighted by molar-refractivity contribution is 5.93. The fourth-order valence-electron chi connectivity index (χ4n) is 1.92. The van der Waals surface area contributed by atoms with Crippen LogP contribution in [0.3, 0.4) is 0 Å². The summed E-state index contributed by atoms with van der Waals surface area (Å²) in [4.78, 5) is 26.7. The predicted molar refractivity (Wildman–Crippen MR) is 62.7 cm³/mol. The van der Waals surface area contributed by atoms with Crippen LogP contribution in [0.2, 0.25) is 0 Å². The third kappa shape index (κ3) is 2.23. The van der Waals surface area contributed by atoms with Crippen molar-refractivity contribution in [3.63, 3.8) is 0 Å². The minimum atomic E-state index is -1.34. The summed E-state index contributed by atoms with van der Waals surface area (Å²) in [5, 5.41) is 19.6. The largest absolute Gasteiger partial charge is 0.477 e. The van der Waals surface area contributed by atoms with Crippen molar-refractivity contribution in [2.75, 3.05) is 18.0 Å². The molecule has 1 fully saturated rings. The molecule has 1 saturated heterocycles. The Morgan fingerprint density at radius 3 is 2.89 bits per heavy atom. The third-order valence-electron chi connectivity index (χ3n) is 2.84. The first-order valence-electron chi connectivity index (χ1n) is 5.37. The van der Waals surface area contributed by atoms with Gasteiger partial charge in [-0.3, -0.25) is 10.1 Å². The van der Waals surface area contributed by atoms with Crippen LogP contribution in [-0.2, 0) is 0 Å². The van der Waals surface area contributed by atoms with Gasteiger partial charge in [-0.05, 0) is 6.42 Å². The first kappa shape index (κ1) is 12.2. The van der Waals surface area contributed by atoms with Crippen LogP contribution in [-0.4, -0.2) is 40.1 Å². The minimum Gasteiger partial charge on any atom is -0.477 e. The zero-order valence-electron chi connectivity index (χ0n) is 9.44. The number of aromatic nitrogens is 1. The molecule has 2 heterocycles. The Balaban J connectivity index is 2.37. The van der Waals surface area contributed by atoms with E-state index >= 15 is 0 Å². The molecule has 8 nitrogen and oxygen atoms in total. The van der Waals surface area contributed by atoms with Gasteiger partial charge in [0.15, 0.2) is 0 Å². The lowest BCUT2D eigenvalue weighted by atomic mass is 10.2. The van der Waals surface area contributed by atoms with E-state index in [1.54, 1.807) is 0 Å². The number of nitrogens with zero attached hydrogens (tertiary/aromatic N) is 3. The maximum atomic E-state index is 11.0. The summed E-state index contributed by atoms with van der Waals surface area (Å²) in [7, 11) is 0. The van der Waals surface area contributed by atoms with Crippen molar-refractivity contribution in [2.45, 2.75) is 12.5 Å². The predicted octanol–water partition coefficient (Wildman–Crippen LogP) is 0.225. The molecule has 3 N–H and O–H groups in total. The van der Waals surface area contributed by atoms with Crippen LogP contribution in [0.25, 0.3) is 0 Å². The van der Waals surface area contributed by atoms with Gasteiger partial charge in [0.1, 0.15) is 17.6 Å². The number of anilines is 1. The molecule has 0 saturated carbocycles. The Morgan fingerprint density at radius 2 is 2.39 bits per heavy atom. The Morgan fingerprint density at radius 1 is 1.67 bits per heavy atom. The van der Waals surface area contributed by atoms with Crippen molar-refractivity contribution in [1.82, 2.24) is 4.98 Å². The summed E-state index contributed by atoms with van der Waals surface area (Å²) >= 11 is 0. The van der Waals surface area contributed by atoms with E-state index in [9.17, 15) is 14.9 Å². The molecule has 1 aliphatic rings. The average Bonchev–Trinajstić information content (AvgIpc) is 2.75. The van der Waals surface area contributed by atoms with Crippen LogP contribution in [0, 0.1) is 10.1 Å².